The lowest BCUT2D eigenvalue weighted by Crippen LogP contribution is -2.27. The van der Waals surface area contributed by atoms with Crippen molar-refractivity contribution in [2.75, 3.05) is 99.1 Å². The summed E-state index contributed by atoms with van der Waals surface area (Å²) in [5.41, 5.74) is 0. The summed E-state index contributed by atoms with van der Waals surface area (Å²) < 4.78 is 43.9. The molecule has 0 amide bonds. The first-order valence-corrected chi connectivity index (χ1v) is 15.0. The largest absolute Gasteiger partial charge is 0.415 e. The highest BCUT2D eigenvalue weighted by Crippen LogP contribution is 2.01. The molecule has 0 saturated carbocycles. The molecule has 0 radical (unpaired) electrons. The second-order valence-electron chi connectivity index (χ2n) is 8.22. The first-order chi connectivity index (χ1) is 15.0. The minimum Gasteiger partial charge on any atom is -0.415 e. The van der Waals surface area contributed by atoms with Crippen LogP contribution in [0, 0.1) is 5.92 Å². The van der Waals surface area contributed by atoms with Gasteiger partial charge >= 0.3 is 0 Å². The topological polar surface area (TPSA) is 73.8 Å². The summed E-state index contributed by atoms with van der Waals surface area (Å²) in [5.74, 6) is 0.609. The zero-order valence-electron chi connectivity index (χ0n) is 20.7. The van der Waals surface area contributed by atoms with Crippen LogP contribution in [0.2, 0.25) is 19.6 Å². The van der Waals surface area contributed by atoms with Crippen LogP contribution in [0.25, 0.3) is 0 Å². The predicted molar refractivity (Wildman–Crippen MR) is 124 cm³/mol. The van der Waals surface area contributed by atoms with E-state index in [1.54, 1.807) is 0 Å². The Kier molecular flexibility index (Phi) is 23.0. The summed E-state index contributed by atoms with van der Waals surface area (Å²) in [6.07, 6.45) is 1.14. The molecule has 0 aliphatic heterocycles. The molecule has 188 valence electrons. The zero-order chi connectivity index (χ0) is 23.0. The van der Waals surface area contributed by atoms with Crippen molar-refractivity contribution in [2.45, 2.75) is 39.9 Å². The second kappa shape index (κ2) is 23.1. The van der Waals surface area contributed by atoms with Gasteiger partial charge in [-0.3, -0.25) is 0 Å². The monoisotopic (exact) mass is 468 g/mol. The lowest BCUT2D eigenvalue weighted by atomic mass is 10.1. The molecule has 0 saturated heterocycles. The highest BCUT2D eigenvalue weighted by atomic mass is 28.4. The third-order valence-electron chi connectivity index (χ3n) is 4.09. The normalized spacial score (nSPS) is 13.1. The van der Waals surface area contributed by atoms with Gasteiger partial charge in [0.15, 0.2) is 8.32 Å². The SMILES string of the molecule is CCC(C)COCCOCCOCCOCCOCCOCCOCCO[Si](C)(C)C. The fraction of sp³-hybridized carbons (Fsp3) is 1.00. The first kappa shape index (κ1) is 30.9. The van der Waals surface area contributed by atoms with Crippen LogP contribution in [0.1, 0.15) is 20.3 Å². The van der Waals surface area contributed by atoms with E-state index in [1.807, 2.05) is 0 Å². The Labute approximate surface area is 191 Å². The van der Waals surface area contributed by atoms with Gasteiger partial charge in [0.2, 0.25) is 0 Å². The van der Waals surface area contributed by atoms with Gasteiger partial charge in [0.05, 0.1) is 92.5 Å². The van der Waals surface area contributed by atoms with E-state index < -0.39 is 8.32 Å². The van der Waals surface area contributed by atoms with Gasteiger partial charge in [-0.1, -0.05) is 20.3 Å². The quantitative estimate of drug-likeness (QED) is 0.150. The number of rotatable bonds is 25. The molecule has 0 N–H and O–H groups in total. The molecule has 8 nitrogen and oxygen atoms in total. The predicted octanol–water partition coefficient (Wildman–Crippen LogP) is 3.00. The van der Waals surface area contributed by atoms with Crippen LogP contribution in [0.4, 0.5) is 0 Å². The fourth-order valence-electron chi connectivity index (χ4n) is 2.13. The van der Waals surface area contributed by atoms with Crippen LogP contribution >= 0.6 is 0 Å². The minimum absolute atomic E-state index is 0.549. The maximum Gasteiger partial charge on any atom is 0.183 e. The van der Waals surface area contributed by atoms with E-state index in [9.17, 15) is 0 Å². The van der Waals surface area contributed by atoms with E-state index in [0.29, 0.717) is 98.4 Å². The van der Waals surface area contributed by atoms with E-state index in [0.717, 1.165) is 13.0 Å². The van der Waals surface area contributed by atoms with E-state index in [2.05, 4.69) is 33.5 Å². The number of ether oxygens (including phenoxy) is 7. The number of hydrogen-bond donors (Lipinski definition) is 0. The third-order valence-corrected chi connectivity index (χ3v) is 5.16. The Bertz CT molecular complexity index is 355. The number of hydrogen-bond acceptors (Lipinski definition) is 8. The van der Waals surface area contributed by atoms with Crippen molar-refractivity contribution in [1.82, 2.24) is 0 Å². The van der Waals surface area contributed by atoms with Crippen LogP contribution in [0.3, 0.4) is 0 Å². The molecular weight excluding hydrogens is 420 g/mol. The summed E-state index contributed by atoms with van der Waals surface area (Å²) in [7, 11) is -1.43. The van der Waals surface area contributed by atoms with Crippen LogP contribution in [0.5, 0.6) is 0 Å². The van der Waals surface area contributed by atoms with Crippen LogP contribution in [-0.2, 0) is 37.6 Å². The van der Waals surface area contributed by atoms with Gasteiger partial charge in [-0.2, -0.15) is 0 Å². The summed E-state index contributed by atoms with van der Waals surface area (Å²) in [4.78, 5) is 0. The summed E-state index contributed by atoms with van der Waals surface area (Å²) in [6, 6.07) is 0. The zero-order valence-corrected chi connectivity index (χ0v) is 21.7. The van der Waals surface area contributed by atoms with Crippen molar-refractivity contribution in [3.63, 3.8) is 0 Å². The van der Waals surface area contributed by atoms with E-state index >= 15 is 0 Å². The molecule has 0 aliphatic carbocycles. The molecule has 0 aromatic rings. The molecule has 0 spiro atoms. The van der Waals surface area contributed by atoms with E-state index in [4.69, 9.17) is 37.6 Å². The average Bonchev–Trinajstić information content (AvgIpc) is 2.73. The standard InChI is InChI=1S/C22H48O8Si/c1-6-22(2)21-29-18-17-27-14-13-25-10-9-23-7-8-24-11-12-26-15-16-28-19-20-30-31(3,4)5/h22H,6-21H2,1-5H3. The van der Waals surface area contributed by atoms with Crippen molar-refractivity contribution in [3.8, 4) is 0 Å². The molecule has 0 aromatic carbocycles. The van der Waals surface area contributed by atoms with Crippen molar-refractivity contribution >= 4 is 8.32 Å². The van der Waals surface area contributed by atoms with Gasteiger partial charge in [-0.05, 0) is 25.6 Å². The fourth-order valence-corrected chi connectivity index (χ4v) is 2.82. The van der Waals surface area contributed by atoms with Crippen molar-refractivity contribution in [3.05, 3.63) is 0 Å². The highest BCUT2D eigenvalue weighted by Gasteiger charge is 2.12. The molecule has 0 heterocycles. The van der Waals surface area contributed by atoms with Crippen LogP contribution < -0.4 is 0 Å². The van der Waals surface area contributed by atoms with Gasteiger partial charge in [-0.15, -0.1) is 0 Å². The summed E-state index contributed by atoms with van der Waals surface area (Å²) in [5, 5.41) is 0. The molecule has 31 heavy (non-hydrogen) atoms. The van der Waals surface area contributed by atoms with Crippen molar-refractivity contribution < 1.29 is 37.6 Å². The maximum atomic E-state index is 5.70. The maximum absolute atomic E-state index is 5.70. The molecule has 1 atom stereocenters. The second-order valence-corrected chi connectivity index (χ2v) is 12.7. The van der Waals surface area contributed by atoms with Crippen LogP contribution in [-0.4, -0.2) is 107 Å². The molecule has 9 heteroatoms. The molecular formula is C22H48O8Si. The van der Waals surface area contributed by atoms with E-state index in [-0.39, 0.29) is 0 Å². The Morgan fingerprint density at radius 3 is 1.06 bits per heavy atom. The Morgan fingerprint density at radius 2 is 0.774 bits per heavy atom. The first-order valence-electron chi connectivity index (χ1n) is 11.6. The minimum atomic E-state index is -1.43. The molecule has 0 bridgehead atoms. The molecule has 0 fully saturated rings. The summed E-state index contributed by atoms with van der Waals surface area (Å²) >= 11 is 0. The average molecular weight is 469 g/mol. The van der Waals surface area contributed by atoms with Crippen molar-refractivity contribution in [2.24, 2.45) is 5.92 Å². The van der Waals surface area contributed by atoms with Gasteiger partial charge in [0.25, 0.3) is 0 Å². The summed E-state index contributed by atoms with van der Waals surface area (Å²) in [6.45, 7) is 19.8. The van der Waals surface area contributed by atoms with E-state index in [1.165, 1.54) is 0 Å². The smallest absolute Gasteiger partial charge is 0.183 e. The van der Waals surface area contributed by atoms with Gasteiger partial charge < -0.3 is 37.6 Å². The van der Waals surface area contributed by atoms with Gasteiger partial charge in [-0.25, -0.2) is 0 Å². The Morgan fingerprint density at radius 1 is 0.484 bits per heavy atom. The van der Waals surface area contributed by atoms with Gasteiger partial charge in [0.1, 0.15) is 0 Å². The highest BCUT2D eigenvalue weighted by molar-refractivity contribution is 6.69. The lowest BCUT2D eigenvalue weighted by molar-refractivity contribution is -0.0222. The molecule has 0 aliphatic rings. The Hall–Kier alpha value is -0.103. The lowest BCUT2D eigenvalue weighted by Gasteiger charge is -2.16. The van der Waals surface area contributed by atoms with Gasteiger partial charge in [0, 0.05) is 6.61 Å². The van der Waals surface area contributed by atoms with Crippen molar-refractivity contribution in [1.29, 1.82) is 0 Å². The Balaban J connectivity index is 3.05. The molecule has 0 rings (SSSR count). The molecule has 1 unspecified atom stereocenters. The third kappa shape index (κ3) is 27.9. The van der Waals surface area contributed by atoms with Crippen LogP contribution in [0.15, 0.2) is 0 Å². The molecule has 0 aromatic heterocycles.